The molecule has 0 radical (unpaired) electrons. The number of nitrogens with one attached hydrogen (secondary N) is 1. The van der Waals surface area contributed by atoms with Crippen molar-refractivity contribution in [3.05, 3.63) is 0 Å². The monoisotopic (exact) mass is 244 g/mol. The van der Waals surface area contributed by atoms with E-state index in [1.807, 2.05) is 27.7 Å². The van der Waals surface area contributed by atoms with Gasteiger partial charge < -0.3 is 9.64 Å². The fraction of sp³-hybridized carbons (Fsp3) is 0.833. The topological polar surface area (TPSA) is 58.6 Å². The van der Waals surface area contributed by atoms with Crippen molar-refractivity contribution in [1.29, 1.82) is 0 Å². The zero-order valence-corrected chi connectivity index (χ0v) is 11.7. The van der Waals surface area contributed by atoms with Crippen molar-refractivity contribution in [1.82, 2.24) is 10.2 Å². The van der Waals surface area contributed by atoms with Crippen LogP contribution in [0, 0.1) is 0 Å². The highest BCUT2D eigenvalue weighted by molar-refractivity contribution is 5.80. The van der Waals surface area contributed by atoms with Gasteiger partial charge in [0.25, 0.3) is 0 Å². The molecule has 0 saturated heterocycles. The normalized spacial score (nSPS) is 13.1. The van der Waals surface area contributed by atoms with E-state index in [0.717, 1.165) is 0 Å². The first-order chi connectivity index (χ1) is 7.67. The van der Waals surface area contributed by atoms with Crippen LogP contribution in [0.3, 0.4) is 0 Å². The predicted octanol–water partition coefficient (Wildman–Crippen LogP) is 0.785. The van der Waals surface area contributed by atoms with E-state index in [2.05, 4.69) is 5.32 Å². The second-order valence-corrected chi connectivity index (χ2v) is 5.04. The maximum absolute atomic E-state index is 11.6. The minimum absolute atomic E-state index is 0.0390. The highest BCUT2D eigenvalue weighted by Crippen LogP contribution is 2.08. The molecule has 0 rings (SSSR count). The minimum atomic E-state index is -0.503. The number of ether oxygens (including phenoxy) is 1. The number of carbonyl (C=O) groups is 2. The van der Waals surface area contributed by atoms with Crippen LogP contribution in [0.15, 0.2) is 0 Å². The van der Waals surface area contributed by atoms with E-state index in [1.54, 1.807) is 18.9 Å². The molecule has 1 N–H and O–H groups in total. The van der Waals surface area contributed by atoms with E-state index in [0.29, 0.717) is 6.54 Å². The van der Waals surface area contributed by atoms with Gasteiger partial charge in [0.2, 0.25) is 5.91 Å². The summed E-state index contributed by atoms with van der Waals surface area (Å²) in [6.07, 6.45) is 0. The van der Waals surface area contributed by atoms with E-state index in [-0.39, 0.29) is 18.4 Å². The molecule has 0 aromatic rings. The second kappa shape index (κ2) is 6.59. The van der Waals surface area contributed by atoms with Gasteiger partial charge in [0.15, 0.2) is 0 Å². The number of amides is 1. The van der Waals surface area contributed by atoms with Crippen LogP contribution in [-0.2, 0) is 14.3 Å². The molecular formula is C12H24N2O3. The van der Waals surface area contributed by atoms with Crippen LogP contribution in [0.4, 0.5) is 0 Å². The molecule has 5 nitrogen and oxygen atoms in total. The molecule has 1 unspecified atom stereocenters. The maximum Gasteiger partial charge on any atom is 0.323 e. The Hall–Kier alpha value is -1.10. The average molecular weight is 244 g/mol. The Balaban J connectivity index is 4.06. The number of hydrogen-bond acceptors (Lipinski definition) is 4. The molecule has 100 valence electrons. The molecule has 0 aliphatic rings. The van der Waals surface area contributed by atoms with Crippen molar-refractivity contribution in [2.24, 2.45) is 0 Å². The molecule has 0 aliphatic heterocycles. The molecule has 1 amide bonds. The molecule has 5 heteroatoms. The number of esters is 1. The lowest BCUT2D eigenvalue weighted by atomic mass is 10.2. The fourth-order valence-electron chi connectivity index (χ4n) is 1.03. The summed E-state index contributed by atoms with van der Waals surface area (Å²) in [4.78, 5) is 24.7. The molecule has 0 fully saturated rings. The van der Waals surface area contributed by atoms with Gasteiger partial charge in [0, 0.05) is 13.6 Å². The summed E-state index contributed by atoms with van der Waals surface area (Å²) in [7, 11) is 1.72. The van der Waals surface area contributed by atoms with Gasteiger partial charge in [0.05, 0.1) is 6.54 Å². The third kappa shape index (κ3) is 6.94. The Bertz CT molecular complexity index is 271. The fourth-order valence-corrected chi connectivity index (χ4v) is 1.03. The Morgan fingerprint density at radius 1 is 1.35 bits per heavy atom. The summed E-state index contributed by atoms with van der Waals surface area (Å²) >= 11 is 0. The Morgan fingerprint density at radius 2 is 1.88 bits per heavy atom. The molecule has 17 heavy (non-hydrogen) atoms. The van der Waals surface area contributed by atoms with Gasteiger partial charge >= 0.3 is 5.97 Å². The van der Waals surface area contributed by atoms with Gasteiger partial charge in [-0.15, -0.1) is 0 Å². The Labute approximate surface area is 103 Å². The number of hydrogen-bond donors (Lipinski definition) is 1. The van der Waals surface area contributed by atoms with Gasteiger partial charge in [-0.25, -0.2) is 0 Å². The van der Waals surface area contributed by atoms with Gasteiger partial charge in [-0.1, -0.05) is 0 Å². The summed E-state index contributed by atoms with van der Waals surface area (Å²) in [6, 6.07) is -0.483. The standard InChI is InChI=1S/C12H24N2O3/c1-7-14(6)10(15)8-13-9(2)11(16)17-12(3,4)5/h9,13H,7-8H2,1-6H3. The summed E-state index contributed by atoms with van der Waals surface area (Å²) in [5.41, 5.74) is -0.503. The van der Waals surface area contributed by atoms with Crippen molar-refractivity contribution in [2.75, 3.05) is 20.1 Å². The van der Waals surface area contributed by atoms with Crippen molar-refractivity contribution in [3.63, 3.8) is 0 Å². The van der Waals surface area contributed by atoms with Gasteiger partial charge in [-0.3, -0.25) is 14.9 Å². The average Bonchev–Trinajstić information content (AvgIpc) is 2.21. The highest BCUT2D eigenvalue weighted by atomic mass is 16.6. The van der Waals surface area contributed by atoms with Crippen LogP contribution in [-0.4, -0.2) is 48.6 Å². The summed E-state index contributed by atoms with van der Waals surface area (Å²) in [5, 5.41) is 2.85. The van der Waals surface area contributed by atoms with Crippen LogP contribution in [0.1, 0.15) is 34.6 Å². The molecule has 0 heterocycles. The smallest absolute Gasteiger partial charge is 0.323 e. The highest BCUT2D eigenvalue weighted by Gasteiger charge is 2.22. The van der Waals surface area contributed by atoms with Gasteiger partial charge in [0.1, 0.15) is 11.6 Å². The quantitative estimate of drug-likeness (QED) is 0.726. The van der Waals surface area contributed by atoms with E-state index in [9.17, 15) is 9.59 Å². The number of likely N-dealkylation sites (N-methyl/N-ethyl adjacent to an activating group) is 1. The van der Waals surface area contributed by atoms with Crippen molar-refractivity contribution in [2.45, 2.75) is 46.3 Å². The third-order valence-electron chi connectivity index (χ3n) is 2.22. The van der Waals surface area contributed by atoms with E-state index >= 15 is 0 Å². The molecule has 0 aromatic heterocycles. The molecule has 0 aliphatic carbocycles. The van der Waals surface area contributed by atoms with Gasteiger partial charge in [-0.05, 0) is 34.6 Å². The van der Waals surface area contributed by atoms with Crippen molar-refractivity contribution >= 4 is 11.9 Å². The van der Waals surface area contributed by atoms with Crippen LogP contribution in [0.5, 0.6) is 0 Å². The third-order valence-corrected chi connectivity index (χ3v) is 2.22. The van der Waals surface area contributed by atoms with E-state index in [4.69, 9.17) is 4.74 Å². The van der Waals surface area contributed by atoms with E-state index < -0.39 is 11.6 Å². The van der Waals surface area contributed by atoms with Crippen LogP contribution in [0.2, 0.25) is 0 Å². The summed E-state index contributed by atoms with van der Waals surface area (Å²) in [6.45, 7) is 9.82. The molecule has 0 spiro atoms. The lowest BCUT2D eigenvalue weighted by Gasteiger charge is -2.23. The van der Waals surface area contributed by atoms with Crippen molar-refractivity contribution < 1.29 is 14.3 Å². The Kier molecular flexibility index (Phi) is 6.16. The first-order valence-electron chi connectivity index (χ1n) is 5.87. The predicted molar refractivity (Wildman–Crippen MR) is 66.6 cm³/mol. The molecular weight excluding hydrogens is 220 g/mol. The first kappa shape index (κ1) is 15.9. The summed E-state index contributed by atoms with van der Waals surface area (Å²) in [5.74, 6) is -0.382. The second-order valence-electron chi connectivity index (χ2n) is 5.04. The molecule has 0 saturated carbocycles. The number of carbonyl (C=O) groups excluding carboxylic acids is 2. The Morgan fingerprint density at radius 3 is 2.29 bits per heavy atom. The molecule has 0 bridgehead atoms. The van der Waals surface area contributed by atoms with Crippen LogP contribution >= 0.6 is 0 Å². The zero-order valence-electron chi connectivity index (χ0n) is 11.7. The molecule has 1 atom stereocenters. The van der Waals surface area contributed by atoms with Gasteiger partial charge in [-0.2, -0.15) is 0 Å². The van der Waals surface area contributed by atoms with Crippen LogP contribution in [0.25, 0.3) is 0 Å². The van der Waals surface area contributed by atoms with Crippen LogP contribution < -0.4 is 5.32 Å². The zero-order chi connectivity index (χ0) is 13.6. The molecule has 0 aromatic carbocycles. The lowest BCUT2D eigenvalue weighted by molar-refractivity contribution is -0.157. The minimum Gasteiger partial charge on any atom is -0.459 e. The van der Waals surface area contributed by atoms with E-state index in [1.165, 1.54) is 0 Å². The maximum atomic E-state index is 11.6. The SMILES string of the molecule is CCN(C)C(=O)CNC(C)C(=O)OC(C)(C)C. The summed E-state index contributed by atoms with van der Waals surface area (Å²) < 4.78 is 5.19. The lowest BCUT2D eigenvalue weighted by Crippen LogP contribution is -2.44. The first-order valence-corrected chi connectivity index (χ1v) is 5.87. The number of nitrogens with zero attached hydrogens (tertiary/aromatic N) is 1. The van der Waals surface area contributed by atoms with Crippen molar-refractivity contribution in [3.8, 4) is 0 Å². The largest absolute Gasteiger partial charge is 0.459 e. The number of rotatable bonds is 5.